The third-order valence-corrected chi connectivity index (χ3v) is 4.06. The molecule has 3 N–H and O–H groups in total. The number of nitrogens with one attached hydrogen (secondary N) is 1. The fourth-order valence-electron chi connectivity index (χ4n) is 2.75. The van der Waals surface area contributed by atoms with Gasteiger partial charge in [-0.2, -0.15) is 15.0 Å². The van der Waals surface area contributed by atoms with Crippen molar-refractivity contribution in [1.29, 1.82) is 0 Å². The molecule has 3 aromatic rings. The monoisotopic (exact) mass is 381 g/mol. The summed E-state index contributed by atoms with van der Waals surface area (Å²) >= 11 is 0. The number of anilines is 3. The molecule has 0 fully saturated rings. The second kappa shape index (κ2) is 7.47. The molecule has 1 aromatic heterocycles. The van der Waals surface area contributed by atoms with Crippen LogP contribution in [0.4, 0.5) is 22.0 Å². The Bertz CT molecular complexity index is 1030. The Morgan fingerprint density at radius 2 is 2.00 bits per heavy atom. The summed E-state index contributed by atoms with van der Waals surface area (Å²) in [5.41, 5.74) is 7.68. The molecule has 4 rings (SSSR count). The highest BCUT2D eigenvalue weighted by Crippen LogP contribution is 2.26. The number of fused-ring (bicyclic) bond motifs is 1. The maximum absolute atomic E-state index is 13.0. The van der Waals surface area contributed by atoms with E-state index in [4.69, 9.17) is 15.2 Å². The summed E-state index contributed by atoms with van der Waals surface area (Å²) in [5, 5.41) is 2.90. The van der Waals surface area contributed by atoms with Gasteiger partial charge in [0.2, 0.25) is 11.9 Å². The molecular formula is C19H16FN5O3. The predicted octanol–water partition coefficient (Wildman–Crippen LogP) is 2.63. The Balaban J connectivity index is 1.43. The summed E-state index contributed by atoms with van der Waals surface area (Å²) in [6.45, 7) is 0.443. The molecule has 8 nitrogen and oxygen atoms in total. The molecule has 9 heteroatoms. The summed E-state index contributed by atoms with van der Waals surface area (Å²) in [6.07, 6.45) is 0.763. The number of hydrogen-bond donors (Lipinski definition) is 2. The van der Waals surface area contributed by atoms with Gasteiger partial charge >= 0.3 is 5.97 Å². The van der Waals surface area contributed by atoms with Gasteiger partial charge < -0.3 is 20.5 Å². The van der Waals surface area contributed by atoms with E-state index in [0.29, 0.717) is 17.9 Å². The van der Waals surface area contributed by atoms with Crippen LogP contribution < -0.4 is 15.8 Å². The largest absolute Gasteiger partial charge is 0.493 e. The van der Waals surface area contributed by atoms with Gasteiger partial charge in [-0.1, -0.05) is 0 Å². The van der Waals surface area contributed by atoms with Crippen molar-refractivity contribution in [1.82, 2.24) is 15.0 Å². The summed E-state index contributed by atoms with van der Waals surface area (Å²) in [6, 6.07) is 10.8. The molecule has 0 aliphatic carbocycles. The molecule has 2 aromatic carbocycles. The average Bonchev–Trinajstić information content (AvgIpc) is 3.15. The SMILES string of the molecule is Nc1nc(COC(=O)c2ccc3c(c2)CCO3)nc(Nc2ccc(F)cc2)n1. The van der Waals surface area contributed by atoms with Crippen LogP contribution in [0.15, 0.2) is 42.5 Å². The van der Waals surface area contributed by atoms with E-state index in [-0.39, 0.29) is 30.1 Å². The van der Waals surface area contributed by atoms with Crippen molar-refractivity contribution in [2.24, 2.45) is 0 Å². The lowest BCUT2D eigenvalue weighted by molar-refractivity contribution is 0.0462. The Morgan fingerprint density at radius 3 is 2.82 bits per heavy atom. The minimum Gasteiger partial charge on any atom is -0.493 e. The minimum absolute atomic E-state index is 0.0275. The van der Waals surface area contributed by atoms with E-state index < -0.39 is 5.97 Å². The highest BCUT2D eigenvalue weighted by molar-refractivity contribution is 5.89. The molecule has 142 valence electrons. The highest BCUT2D eigenvalue weighted by atomic mass is 19.1. The van der Waals surface area contributed by atoms with Crippen molar-refractivity contribution < 1.29 is 18.7 Å². The van der Waals surface area contributed by atoms with Crippen LogP contribution in [-0.4, -0.2) is 27.5 Å². The second-order valence-corrected chi connectivity index (χ2v) is 6.06. The van der Waals surface area contributed by atoms with Crippen LogP contribution in [0.5, 0.6) is 5.75 Å². The first kappa shape index (κ1) is 17.7. The molecule has 1 aliphatic heterocycles. The molecule has 0 bridgehead atoms. The van der Waals surface area contributed by atoms with Crippen molar-refractivity contribution in [3.05, 3.63) is 65.2 Å². The molecular weight excluding hydrogens is 365 g/mol. The first-order valence-corrected chi connectivity index (χ1v) is 8.53. The van der Waals surface area contributed by atoms with Gasteiger partial charge in [0.25, 0.3) is 0 Å². The normalized spacial score (nSPS) is 12.2. The Hall–Kier alpha value is -3.75. The van der Waals surface area contributed by atoms with E-state index in [2.05, 4.69) is 20.3 Å². The minimum atomic E-state index is -0.498. The Morgan fingerprint density at radius 1 is 1.18 bits per heavy atom. The lowest BCUT2D eigenvalue weighted by Crippen LogP contribution is -2.11. The Kier molecular flexibility index (Phi) is 4.71. The van der Waals surface area contributed by atoms with Gasteiger partial charge in [0.05, 0.1) is 12.2 Å². The van der Waals surface area contributed by atoms with Crippen molar-refractivity contribution in [2.45, 2.75) is 13.0 Å². The summed E-state index contributed by atoms with van der Waals surface area (Å²) in [4.78, 5) is 24.4. The highest BCUT2D eigenvalue weighted by Gasteiger charge is 2.16. The zero-order valence-electron chi connectivity index (χ0n) is 14.7. The van der Waals surface area contributed by atoms with Gasteiger partial charge in [-0.3, -0.25) is 0 Å². The van der Waals surface area contributed by atoms with E-state index in [1.54, 1.807) is 18.2 Å². The fourth-order valence-corrected chi connectivity index (χ4v) is 2.75. The van der Waals surface area contributed by atoms with E-state index in [1.807, 2.05) is 0 Å². The smallest absolute Gasteiger partial charge is 0.338 e. The number of carbonyl (C=O) groups is 1. The molecule has 2 heterocycles. The van der Waals surface area contributed by atoms with Crippen LogP contribution in [-0.2, 0) is 17.8 Å². The summed E-state index contributed by atoms with van der Waals surface area (Å²) in [5.74, 6) is 0.265. The van der Waals surface area contributed by atoms with Crippen LogP contribution in [0.1, 0.15) is 21.7 Å². The number of halogens is 1. The van der Waals surface area contributed by atoms with Crippen molar-refractivity contribution >= 4 is 23.6 Å². The molecule has 0 amide bonds. The van der Waals surface area contributed by atoms with Gasteiger partial charge in [0.1, 0.15) is 11.6 Å². The molecule has 0 saturated heterocycles. The number of nitrogens with zero attached hydrogens (tertiary/aromatic N) is 3. The van der Waals surface area contributed by atoms with Gasteiger partial charge in [-0.05, 0) is 48.0 Å². The zero-order chi connectivity index (χ0) is 19.5. The number of rotatable bonds is 5. The number of ether oxygens (including phenoxy) is 2. The van der Waals surface area contributed by atoms with Gasteiger partial charge in [-0.25, -0.2) is 9.18 Å². The molecule has 0 unspecified atom stereocenters. The van der Waals surface area contributed by atoms with Gasteiger partial charge in [-0.15, -0.1) is 0 Å². The second-order valence-electron chi connectivity index (χ2n) is 6.06. The Labute approximate surface area is 159 Å². The molecule has 28 heavy (non-hydrogen) atoms. The first-order chi connectivity index (χ1) is 13.6. The summed E-state index contributed by atoms with van der Waals surface area (Å²) in [7, 11) is 0. The number of benzene rings is 2. The zero-order valence-corrected chi connectivity index (χ0v) is 14.7. The van der Waals surface area contributed by atoms with Crippen LogP contribution >= 0.6 is 0 Å². The molecule has 0 spiro atoms. The molecule has 1 aliphatic rings. The van der Waals surface area contributed by atoms with E-state index in [0.717, 1.165) is 17.7 Å². The van der Waals surface area contributed by atoms with Gasteiger partial charge in [0.15, 0.2) is 12.4 Å². The number of nitrogen functional groups attached to an aromatic ring is 1. The molecule has 0 atom stereocenters. The topological polar surface area (TPSA) is 112 Å². The van der Waals surface area contributed by atoms with Crippen LogP contribution in [0.25, 0.3) is 0 Å². The number of hydrogen-bond acceptors (Lipinski definition) is 8. The number of nitrogens with two attached hydrogens (primary N) is 1. The number of aromatic nitrogens is 3. The van der Waals surface area contributed by atoms with Crippen molar-refractivity contribution in [3.8, 4) is 5.75 Å². The average molecular weight is 381 g/mol. The maximum atomic E-state index is 13.0. The quantitative estimate of drug-likeness (QED) is 0.649. The van der Waals surface area contributed by atoms with E-state index >= 15 is 0 Å². The standard InChI is InChI=1S/C19H16FN5O3/c20-13-2-4-14(5-3-13)22-19-24-16(23-18(21)25-19)10-28-17(26)12-1-6-15-11(9-12)7-8-27-15/h1-6,9H,7-8,10H2,(H3,21,22,23,24,25). The fraction of sp³-hybridized carbons (Fsp3) is 0.158. The van der Waals surface area contributed by atoms with Crippen LogP contribution in [0.2, 0.25) is 0 Å². The van der Waals surface area contributed by atoms with E-state index in [9.17, 15) is 9.18 Å². The predicted molar refractivity (Wildman–Crippen MR) is 98.7 cm³/mol. The lowest BCUT2D eigenvalue weighted by atomic mass is 10.1. The van der Waals surface area contributed by atoms with Crippen LogP contribution in [0, 0.1) is 5.82 Å². The molecule has 0 radical (unpaired) electrons. The first-order valence-electron chi connectivity index (χ1n) is 8.53. The van der Waals surface area contributed by atoms with Crippen molar-refractivity contribution in [2.75, 3.05) is 17.7 Å². The molecule has 0 saturated carbocycles. The third kappa shape index (κ3) is 3.98. The number of carbonyl (C=O) groups excluding carboxylic acids is 1. The van der Waals surface area contributed by atoms with Crippen LogP contribution in [0.3, 0.4) is 0 Å². The number of esters is 1. The summed E-state index contributed by atoms with van der Waals surface area (Å²) < 4.78 is 23.7. The van der Waals surface area contributed by atoms with Gasteiger partial charge in [0, 0.05) is 12.1 Å². The van der Waals surface area contributed by atoms with Crippen molar-refractivity contribution in [3.63, 3.8) is 0 Å². The lowest BCUT2D eigenvalue weighted by Gasteiger charge is -2.08. The van der Waals surface area contributed by atoms with E-state index in [1.165, 1.54) is 24.3 Å². The third-order valence-electron chi connectivity index (χ3n) is 4.06. The maximum Gasteiger partial charge on any atom is 0.338 e.